The number of hydrogen-bond acceptors (Lipinski definition) is 4. The van der Waals surface area contributed by atoms with E-state index in [1.165, 1.54) is 28.8 Å². The second-order valence-electron chi connectivity index (χ2n) is 11.2. The van der Waals surface area contributed by atoms with Gasteiger partial charge in [-0.25, -0.2) is 0 Å². The van der Waals surface area contributed by atoms with Crippen molar-refractivity contribution in [1.29, 1.82) is 0 Å². The predicted molar refractivity (Wildman–Crippen MR) is 154 cm³/mol. The van der Waals surface area contributed by atoms with Crippen LogP contribution in [0.4, 0.5) is 0 Å². The minimum absolute atomic E-state index is 0.0178. The van der Waals surface area contributed by atoms with Crippen molar-refractivity contribution in [2.24, 2.45) is 0 Å². The number of allylic oxidation sites excluding steroid dienone is 1. The van der Waals surface area contributed by atoms with Crippen molar-refractivity contribution in [2.75, 3.05) is 40.6 Å². The van der Waals surface area contributed by atoms with Crippen LogP contribution in [0.5, 0.6) is 0 Å². The summed E-state index contributed by atoms with van der Waals surface area (Å²) < 4.78 is 18.0. The van der Waals surface area contributed by atoms with Gasteiger partial charge >= 0.3 is 0 Å². The van der Waals surface area contributed by atoms with E-state index in [-0.39, 0.29) is 5.04 Å². The van der Waals surface area contributed by atoms with E-state index in [2.05, 4.69) is 99.3 Å². The minimum atomic E-state index is -2.45. The van der Waals surface area contributed by atoms with Gasteiger partial charge in [0.05, 0.1) is 13.2 Å². The highest BCUT2D eigenvalue weighted by atomic mass is 28.4. The Morgan fingerprint density at radius 3 is 1.83 bits per heavy atom. The Bertz CT molecular complexity index is 872. The van der Waals surface area contributed by atoms with Crippen LogP contribution in [0.1, 0.15) is 53.4 Å². The van der Waals surface area contributed by atoms with Crippen LogP contribution < -0.4 is 10.4 Å². The number of nitrogens with zero attached hydrogens (tertiary/aromatic N) is 1. The molecule has 2 atom stereocenters. The molecular formula is C31H47NO3Si. The molecule has 198 valence electrons. The lowest BCUT2D eigenvalue weighted by Crippen LogP contribution is -2.66. The number of unbranched alkanes of at least 4 members (excludes halogenated alkanes) is 1. The summed E-state index contributed by atoms with van der Waals surface area (Å²) in [5.74, 6) is 0. The smallest absolute Gasteiger partial charge is 0.261 e. The number of benzene rings is 2. The average molecular weight is 510 g/mol. The summed E-state index contributed by atoms with van der Waals surface area (Å²) >= 11 is 0. The zero-order valence-electron chi connectivity index (χ0n) is 23.3. The summed E-state index contributed by atoms with van der Waals surface area (Å²) in [6.45, 7) is 12.6. The summed E-state index contributed by atoms with van der Waals surface area (Å²) in [7, 11) is 1.15. The molecule has 0 aliphatic carbocycles. The van der Waals surface area contributed by atoms with Gasteiger partial charge in [0.1, 0.15) is 0 Å². The van der Waals surface area contributed by atoms with Crippen LogP contribution >= 0.6 is 0 Å². The summed E-state index contributed by atoms with van der Waals surface area (Å²) in [6.07, 6.45) is 6.82. The Hall–Kier alpha value is -1.76. The van der Waals surface area contributed by atoms with E-state index in [0.29, 0.717) is 12.1 Å². The van der Waals surface area contributed by atoms with E-state index in [1.54, 1.807) is 14.2 Å². The van der Waals surface area contributed by atoms with E-state index in [9.17, 15) is 0 Å². The number of likely N-dealkylation sites (tertiary alicyclic amines) is 1. The first kappa shape index (κ1) is 28.8. The lowest BCUT2D eigenvalue weighted by molar-refractivity contribution is 0.0690. The average Bonchev–Trinajstić information content (AvgIpc) is 3.23. The van der Waals surface area contributed by atoms with Gasteiger partial charge < -0.3 is 13.9 Å². The molecular weight excluding hydrogens is 462 g/mol. The molecule has 36 heavy (non-hydrogen) atoms. The molecule has 0 radical (unpaired) electrons. The van der Waals surface area contributed by atoms with Crippen molar-refractivity contribution < 1.29 is 13.9 Å². The largest absolute Gasteiger partial charge is 0.407 e. The molecule has 0 bridgehead atoms. The topological polar surface area (TPSA) is 30.9 Å². The maximum Gasteiger partial charge on any atom is 0.261 e. The van der Waals surface area contributed by atoms with E-state index < -0.39 is 8.32 Å². The van der Waals surface area contributed by atoms with Crippen molar-refractivity contribution in [1.82, 2.24) is 4.90 Å². The van der Waals surface area contributed by atoms with Crippen molar-refractivity contribution in [3.63, 3.8) is 0 Å². The quantitative estimate of drug-likeness (QED) is 0.205. The fourth-order valence-electron chi connectivity index (χ4n) is 5.79. The molecule has 1 aliphatic rings. The molecule has 0 unspecified atom stereocenters. The van der Waals surface area contributed by atoms with Gasteiger partial charge in [-0.2, -0.15) is 0 Å². The Kier molecular flexibility index (Phi) is 10.9. The number of ether oxygens (including phenoxy) is 2. The SMILES string of the molecule is COC[C@@H]1CC[C@@H](COC)N1C/C(C)=C/CCCO[Si](c1ccccc1)(c1ccccc1)C(C)(C)C. The maximum absolute atomic E-state index is 7.05. The van der Waals surface area contributed by atoms with Crippen LogP contribution in [0.25, 0.3) is 0 Å². The zero-order valence-corrected chi connectivity index (χ0v) is 24.3. The Labute approximate surface area is 220 Å². The Balaban J connectivity index is 1.67. The van der Waals surface area contributed by atoms with Crippen LogP contribution in [-0.2, 0) is 13.9 Å². The molecule has 5 heteroatoms. The lowest BCUT2D eigenvalue weighted by atomic mass is 10.1. The molecule has 4 nitrogen and oxygen atoms in total. The Morgan fingerprint density at radius 2 is 1.39 bits per heavy atom. The first-order chi connectivity index (χ1) is 17.3. The minimum Gasteiger partial charge on any atom is -0.407 e. The van der Waals surface area contributed by atoms with Gasteiger partial charge in [-0.3, -0.25) is 4.90 Å². The summed E-state index contributed by atoms with van der Waals surface area (Å²) in [6, 6.07) is 22.8. The van der Waals surface area contributed by atoms with Crippen LogP contribution in [0, 0.1) is 0 Å². The van der Waals surface area contributed by atoms with Gasteiger partial charge in [0.25, 0.3) is 8.32 Å². The normalized spacial score (nSPS) is 19.7. The van der Waals surface area contributed by atoms with Crippen LogP contribution in [0.15, 0.2) is 72.3 Å². The van der Waals surface area contributed by atoms with Crippen molar-refractivity contribution >= 4 is 18.7 Å². The summed E-state index contributed by atoms with van der Waals surface area (Å²) in [4.78, 5) is 2.58. The predicted octanol–water partition coefficient (Wildman–Crippen LogP) is 5.42. The van der Waals surface area contributed by atoms with Gasteiger partial charge in [-0.15, -0.1) is 0 Å². The van der Waals surface area contributed by atoms with E-state index in [1.807, 2.05) is 0 Å². The molecule has 1 aliphatic heterocycles. The van der Waals surface area contributed by atoms with Gasteiger partial charge in [0, 0.05) is 39.5 Å². The van der Waals surface area contributed by atoms with Gasteiger partial charge in [-0.05, 0) is 48.0 Å². The molecule has 0 spiro atoms. The van der Waals surface area contributed by atoms with E-state index in [4.69, 9.17) is 13.9 Å². The number of rotatable bonds is 13. The maximum atomic E-state index is 7.05. The number of methoxy groups -OCH3 is 2. The molecule has 0 amide bonds. The Morgan fingerprint density at radius 1 is 0.889 bits per heavy atom. The second-order valence-corrected chi connectivity index (χ2v) is 15.5. The van der Waals surface area contributed by atoms with E-state index >= 15 is 0 Å². The summed E-state index contributed by atoms with van der Waals surface area (Å²) in [5, 5.41) is 2.71. The molecule has 1 heterocycles. The van der Waals surface area contributed by atoms with Crippen molar-refractivity contribution in [3.8, 4) is 0 Å². The molecule has 2 aromatic carbocycles. The molecule has 2 aromatic rings. The van der Waals surface area contributed by atoms with Crippen LogP contribution in [-0.4, -0.2) is 65.9 Å². The van der Waals surface area contributed by atoms with Gasteiger partial charge in [0.2, 0.25) is 0 Å². The standard InChI is InChI=1S/C31H47NO3Si/c1-26(23-32-27(24-33-5)20-21-28(32)25-34-6)15-13-14-22-35-36(31(2,3)4,29-16-9-7-10-17-29)30-18-11-8-12-19-30/h7-12,15-19,27-28H,13-14,20-25H2,1-6H3/b26-15+/t27-,28-/m0/s1. The summed E-state index contributed by atoms with van der Waals surface area (Å²) in [5.41, 5.74) is 1.42. The molecule has 3 rings (SSSR count). The number of hydrogen-bond donors (Lipinski definition) is 0. The molecule has 0 aromatic heterocycles. The van der Waals surface area contributed by atoms with Gasteiger partial charge in [-0.1, -0.05) is 93.1 Å². The fraction of sp³-hybridized carbons (Fsp3) is 0.548. The van der Waals surface area contributed by atoms with Crippen LogP contribution in [0.2, 0.25) is 5.04 Å². The molecule has 0 saturated carbocycles. The second kappa shape index (κ2) is 13.7. The molecule has 1 saturated heterocycles. The highest BCUT2D eigenvalue weighted by Gasteiger charge is 2.49. The zero-order chi connectivity index (χ0) is 26.0. The lowest BCUT2D eigenvalue weighted by Gasteiger charge is -2.43. The molecule has 1 fully saturated rings. The van der Waals surface area contributed by atoms with Crippen molar-refractivity contribution in [2.45, 2.75) is 70.5 Å². The first-order valence-electron chi connectivity index (χ1n) is 13.5. The van der Waals surface area contributed by atoms with Gasteiger partial charge in [0.15, 0.2) is 0 Å². The third kappa shape index (κ3) is 6.96. The fourth-order valence-corrected chi connectivity index (χ4v) is 10.4. The van der Waals surface area contributed by atoms with Crippen molar-refractivity contribution in [3.05, 3.63) is 72.3 Å². The molecule has 0 N–H and O–H groups in total. The van der Waals surface area contributed by atoms with E-state index in [0.717, 1.165) is 39.2 Å². The monoisotopic (exact) mass is 509 g/mol. The third-order valence-corrected chi connectivity index (χ3v) is 12.5. The van der Waals surface area contributed by atoms with Crippen LogP contribution in [0.3, 0.4) is 0 Å². The highest BCUT2D eigenvalue weighted by Crippen LogP contribution is 2.36. The first-order valence-corrected chi connectivity index (χ1v) is 15.4. The third-order valence-electron chi connectivity index (χ3n) is 7.50. The highest BCUT2D eigenvalue weighted by molar-refractivity contribution is 6.99.